The molecule has 0 heterocycles. The molecule has 19 heavy (non-hydrogen) atoms. The van der Waals surface area contributed by atoms with E-state index in [1.807, 2.05) is 0 Å². The van der Waals surface area contributed by atoms with Crippen molar-refractivity contribution in [3.8, 4) is 0 Å². The summed E-state index contributed by atoms with van der Waals surface area (Å²) in [5.74, 6) is 0. The lowest BCUT2D eigenvalue weighted by Crippen LogP contribution is -2.22. The SMILES string of the molecule is CCCCCCC(CCC(O)CCCC)S(=O)(=O)O. The molecule has 0 spiro atoms. The van der Waals surface area contributed by atoms with Gasteiger partial charge in [0.05, 0.1) is 11.4 Å². The van der Waals surface area contributed by atoms with Crippen LogP contribution in [-0.2, 0) is 10.1 Å². The summed E-state index contributed by atoms with van der Waals surface area (Å²) in [6.07, 6.45) is 7.58. The van der Waals surface area contributed by atoms with E-state index in [1.165, 1.54) is 0 Å². The third kappa shape index (κ3) is 10.3. The van der Waals surface area contributed by atoms with E-state index in [2.05, 4.69) is 13.8 Å². The molecule has 0 saturated heterocycles. The molecule has 0 saturated carbocycles. The van der Waals surface area contributed by atoms with Crippen molar-refractivity contribution in [2.75, 3.05) is 0 Å². The summed E-state index contributed by atoms with van der Waals surface area (Å²) < 4.78 is 31.8. The van der Waals surface area contributed by atoms with Gasteiger partial charge in [0.25, 0.3) is 10.1 Å². The number of rotatable bonds is 12. The highest BCUT2D eigenvalue weighted by Gasteiger charge is 2.23. The average Bonchev–Trinajstić information content (AvgIpc) is 2.33. The summed E-state index contributed by atoms with van der Waals surface area (Å²) in [6, 6.07) is 0. The largest absolute Gasteiger partial charge is 0.393 e. The van der Waals surface area contributed by atoms with Crippen LogP contribution < -0.4 is 0 Å². The molecule has 2 N–H and O–H groups in total. The lowest BCUT2D eigenvalue weighted by molar-refractivity contribution is 0.148. The van der Waals surface area contributed by atoms with Crippen molar-refractivity contribution in [2.45, 2.75) is 89.4 Å². The van der Waals surface area contributed by atoms with Crippen LogP contribution in [0, 0.1) is 0 Å². The standard InChI is InChI=1S/C14H30O4S/c1-3-5-7-8-10-14(19(16,17)18)12-11-13(15)9-6-4-2/h13-15H,3-12H2,1-2H3,(H,16,17,18). The van der Waals surface area contributed by atoms with E-state index < -0.39 is 21.5 Å². The molecule has 0 bridgehead atoms. The molecule has 0 radical (unpaired) electrons. The van der Waals surface area contributed by atoms with Crippen molar-refractivity contribution >= 4 is 10.1 Å². The summed E-state index contributed by atoms with van der Waals surface area (Å²) in [5, 5.41) is 9.02. The Labute approximate surface area is 118 Å². The molecule has 2 atom stereocenters. The first-order chi connectivity index (χ1) is 8.91. The maximum atomic E-state index is 11.3. The van der Waals surface area contributed by atoms with Crippen LogP contribution >= 0.6 is 0 Å². The maximum absolute atomic E-state index is 11.3. The Morgan fingerprint density at radius 1 is 0.842 bits per heavy atom. The highest BCUT2D eigenvalue weighted by molar-refractivity contribution is 7.86. The smallest absolute Gasteiger partial charge is 0.267 e. The summed E-state index contributed by atoms with van der Waals surface area (Å²) in [7, 11) is -3.98. The molecular formula is C14H30O4S. The molecule has 0 rings (SSSR count). The zero-order valence-electron chi connectivity index (χ0n) is 12.3. The minimum atomic E-state index is -3.98. The molecule has 0 fully saturated rings. The van der Waals surface area contributed by atoms with Crippen LogP contribution in [0.15, 0.2) is 0 Å². The Morgan fingerprint density at radius 2 is 1.47 bits per heavy atom. The van der Waals surface area contributed by atoms with Crippen LogP contribution in [0.4, 0.5) is 0 Å². The van der Waals surface area contributed by atoms with Crippen molar-refractivity contribution in [1.82, 2.24) is 0 Å². The van der Waals surface area contributed by atoms with Gasteiger partial charge in [0, 0.05) is 0 Å². The molecular weight excluding hydrogens is 264 g/mol. The quantitative estimate of drug-likeness (QED) is 0.426. The van der Waals surface area contributed by atoms with Gasteiger partial charge in [-0.2, -0.15) is 8.42 Å². The molecule has 0 aliphatic rings. The summed E-state index contributed by atoms with van der Waals surface area (Å²) in [6.45, 7) is 4.16. The highest BCUT2D eigenvalue weighted by atomic mass is 32.2. The lowest BCUT2D eigenvalue weighted by Gasteiger charge is -2.16. The lowest BCUT2D eigenvalue weighted by atomic mass is 10.0. The number of aliphatic hydroxyl groups is 1. The van der Waals surface area contributed by atoms with Crippen molar-refractivity contribution in [1.29, 1.82) is 0 Å². The van der Waals surface area contributed by atoms with Crippen LogP contribution in [0.5, 0.6) is 0 Å². The summed E-state index contributed by atoms with van der Waals surface area (Å²) in [5.41, 5.74) is 0. The van der Waals surface area contributed by atoms with Crippen molar-refractivity contribution in [3.63, 3.8) is 0 Å². The second-order valence-corrected chi connectivity index (χ2v) is 7.06. The van der Waals surface area contributed by atoms with Crippen LogP contribution in [-0.4, -0.2) is 29.4 Å². The molecule has 0 aromatic rings. The molecule has 0 amide bonds. The van der Waals surface area contributed by atoms with Gasteiger partial charge in [-0.15, -0.1) is 0 Å². The van der Waals surface area contributed by atoms with E-state index in [0.29, 0.717) is 25.7 Å². The molecule has 0 aliphatic carbocycles. The third-order valence-corrected chi connectivity index (χ3v) is 4.83. The summed E-state index contributed by atoms with van der Waals surface area (Å²) >= 11 is 0. The predicted molar refractivity (Wildman–Crippen MR) is 78.9 cm³/mol. The van der Waals surface area contributed by atoms with Crippen LogP contribution in [0.1, 0.15) is 78.1 Å². The normalized spacial score (nSPS) is 15.4. The van der Waals surface area contributed by atoms with E-state index >= 15 is 0 Å². The average molecular weight is 294 g/mol. The maximum Gasteiger partial charge on any atom is 0.267 e. The fraction of sp³-hybridized carbons (Fsp3) is 1.00. The fourth-order valence-electron chi connectivity index (χ4n) is 2.20. The Balaban J connectivity index is 4.07. The zero-order chi connectivity index (χ0) is 14.7. The van der Waals surface area contributed by atoms with Gasteiger partial charge in [-0.05, 0) is 25.7 Å². The van der Waals surface area contributed by atoms with Gasteiger partial charge in [0.2, 0.25) is 0 Å². The number of unbranched alkanes of at least 4 members (excludes halogenated alkanes) is 4. The van der Waals surface area contributed by atoms with E-state index in [0.717, 1.165) is 38.5 Å². The first kappa shape index (κ1) is 18.9. The second-order valence-electron chi connectivity index (χ2n) is 5.36. The van der Waals surface area contributed by atoms with Gasteiger partial charge >= 0.3 is 0 Å². The van der Waals surface area contributed by atoms with Crippen molar-refractivity contribution in [3.05, 3.63) is 0 Å². The van der Waals surface area contributed by atoms with Crippen LogP contribution in [0.2, 0.25) is 0 Å². The first-order valence-electron chi connectivity index (χ1n) is 7.56. The van der Waals surface area contributed by atoms with Gasteiger partial charge in [-0.3, -0.25) is 4.55 Å². The van der Waals surface area contributed by atoms with Gasteiger partial charge in [0.15, 0.2) is 0 Å². The van der Waals surface area contributed by atoms with Crippen molar-refractivity contribution < 1.29 is 18.1 Å². The van der Waals surface area contributed by atoms with Crippen molar-refractivity contribution in [2.24, 2.45) is 0 Å². The third-order valence-electron chi connectivity index (χ3n) is 3.51. The van der Waals surface area contributed by atoms with Gasteiger partial charge < -0.3 is 5.11 Å². The molecule has 5 heteroatoms. The fourth-order valence-corrected chi connectivity index (χ4v) is 3.10. The van der Waals surface area contributed by atoms with E-state index in [1.54, 1.807) is 0 Å². The minimum absolute atomic E-state index is 0.357. The van der Waals surface area contributed by atoms with Gasteiger partial charge in [-0.25, -0.2) is 0 Å². The number of hydrogen-bond acceptors (Lipinski definition) is 3. The molecule has 2 unspecified atom stereocenters. The van der Waals surface area contributed by atoms with E-state index in [4.69, 9.17) is 0 Å². The molecule has 4 nitrogen and oxygen atoms in total. The Morgan fingerprint density at radius 3 is 2.00 bits per heavy atom. The topological polar surface area (TPSA) is 74.6 Å². The van der Waals surface area contributed by atoms with Gasteiger partial charge in [0.1, 0.15) is 0 Å². The summed E-state index contributed by atoms with van der Waals surface area (Å²) in [4.78, 5) is 0. The monoisotopic (exact) mass is 294 g/mol. The Hall–Kier alpha value is -0.130. The van der Waals surface area contributed by atoms with E-state index in [9.17, 15) is 18.1 Å². The Kier molecular flexibility index (Phi) is 10.6. The van der Waals surface area contributed by atoms with Crippen LogP contribution in [0.25, 0.3) is 0 Å². The van der Waals surface area contributed by atoms with Crippen LogP contribution in [0.3, 0.4) is 0 Å². The zero-order valence-corrected chi connectivity index (χ0v) is 13.2. The molecule has 0 aliphatic heterocycles. The molecule has 0 aromatic carbocycles. The minimum Gasteiger partial charge on any atom is -0.393 e. The highest BCUT2D eigenvalue weighted by Crippen LogP contribution is 2.18. The predicted octanol–water partition coefficient (Wildman–Crippen LogP) is 3.54. The Bertz CT molecular complexity index is 301. The first-order valence-corrected chi connectivity index (χ1v) is 9.06. The molecule has 0 aromatic heterocycles. The number of aliphatic hydroxyl groups excluding tert-OH is 1. The second kappa shape index (κ2) is 10.6. The van der Waals surface area contributed by atoms with Gasteiger partial charge in [-0.1, -0.05) is 52.4 Å². The molecule has 116 valence electrons. The van der Waals surface area contributed by atoms with E-state index in [-0.39, 0.29) is 0 Å². The number of hydrogen-bond donors (Lipinski definition) is 2.